The molecule has 7 nitrogen and oxygen atoms in total. The number of hydrogen-bond donors (Lipinski definition) is 1. The van der Waals surface area contributed by atoms with Crippen molar-refractivity contribution in [2.45, 2.75) is 25.1 Å². The maximum Gasteiger partial charge on any atom is 0.219 e. The summed E-state index contributed by atoms with van der Waals surface area (Å²) in [6.45, 7) is 4.41. The first-order valence-electron chi connectivity index (χ1n) is 5.84. The molecule has 0 amide bonds. The maximum atomic E-state index is 12.1. The van der Waals surface area contributed by atoms with Crippen LogP contribution in [-0.2, 0) is 21.8 Å². The van der Waals surface area contributed by atoms with Gasteiger partial charge < -0.3 is 9.30 Å². The van der Waals surface area contributed by atoms with Crippen LogP contribution in [0.5, 0.6) is 0 Å². The van der Waals surface area contributed by atoms with Crippen molar-refractivity contribution in [1.82, 2.24) is 19.5 Å². The number of rotatable bonds is 5. The molecule has 2 heterocycles. The van der Waals surface area contributed by atoms with E-state index in [2.05, 4.69) is 14.9 Å². The van der Waals surface area contributed by atoms with Crippen LogP contribution in [0.3, 0.4) is 0 Å². The molecular formula is C10H18N4O3S. The summed E-state index contributed by atoms with van der Waals surface area (Å²) in [4.78, 5) is 0. The van der Waals surface area contributed by atoms with Gasteiger partial charge in [-0.25, -0.2) is 13.1 Å². The van der Waals surface area contributed by atoms with E-state index in [0.29, 0.717) is 5.82 Å². The van der Waals surface area contributed by atoms with Crippen molar-refractivity contribution in [3.05, 3.63) is 12.2 Å². The summed E-state index contributed by atoms with van der Waals surface area (Å²) >= 11 is 0. The topological polar surface area (TPSA) is 86.1 Å². The molecule has 1 atom stereocenters. The van der Waals surface area contributed by atoms with E-state index in [4.69, 9.17) is 4.74 Å². The Morgan fingerprint density at radius 2 is 2.17 bits per heavy atom. The second-order valence-corrected chi connectivity index (χ2v) is 6.84. The van der Waals surface area contributed by atoms with Gasteiger partial charge in [0.2, 0.25) is 10.0 Å². The van der Waals surface area contributed by atoms with E-state index in [-0.39, 0.29) is 25.2 Å². The fraction of sp³-hybridized carbons (Fsp3) is 0.800. The molecule has 1 N–H and O–H groups in total. The second-order valence-electron chi connectivity index (χ2n) is 4.84. The summed E-state index contributed by atoms with van der Waals surface area (Å²) in [7, 11) is -1.57. The zero-order valence-corrected chi connectivity index (χ0v) is 11.5. The van der Waals surface area contributed by atoms with Crippen molar-refractivity contribution in [3.63, 3.8) is 0 Å². The van der Waals surface area contributed by atoms with Gasteiger partial charge in [0.05, 0.1) is 19.3 Å². The Labute approximate surface area is 107 Å². The third-order valence-electron chi connectivity index (χ3n) is 3.03. The molecule has 0 saturated carbocycles. The quantitative estimate of drug-likeness (QED) is 0.805. The van der Waals surface area contributed by atoms with Crippen molar-refractivity contribution in [2.24, 2.45) is 13.0 Å². The summed E-state index contributed by atoms with van der Waals surface area (Å²) in [5.74, 6) is 0.706. The van der Waals surface area contributed by atoms with Crippen LogP contribution in [0.15, 0.2) is 6.33 Å². The Balaban J connectivity index is 2.19. The Kier molecular flexibility index (Phi) is 3.69. The first-order chi connectivity index (χ1) is 8.42. The van der Waals surface area contributed by atoms with Crippen molar-refractivity contribution in [3.8, 4) is 0 Å². The van der Waals surface area contributed by atoms with Crippen molar-refractivity contribution in [2.75, 3.05) is 13.2 Å². The molecule has 1 saturated heterocycles. The van der Waals surface area contributed by atoms with E-state index in [1.54, 1.807) is 17.9 Å². The Morgan fingerprint density at radius 3 is 2.56 bits per heavy atom. The number of ether oxygens (including phenoxy) is 1. The Hall–Kier alpha value is -0.990. The van der Waals surface area contributed by atoms with Crippen molar-refractivity contribution in [1.29, 1.82) is 0 Å². The average Bonchev–Trinajstić information content (AvgIpc) is 2.57. The first kappa shape index (κ1) is 13.4. The highest BCUT2D eigenvalue weighted by molar-refractivity contribution is 7.90. The Bertz CT molecular complexity index is 507. The van der Waals surface area contributed by atoms with Gasteiger partial charge in [-0.05, 0) is 5.92 Å². The predicted molar refractivity (Wildman–Crippen MR) is 65.2 cm³/mol. The fourth-order valence-electron chi connectivity index (χ4n) is 1.73. The van der Waals surface area contributed by atoms with Gasteiger partial charge in [0.25, 0.3) is 0 Å². The van der Waals surface area contributed by atoms with Gasteiger partial charge in [-0.1, -0.05) is 13.8 Å². The zero-order chi connectivity index (χ0) is 13.3. The van der Waals surface area contributed by atoms with Crippen LogP contribution < -0.4 is 4.72 Å². The van der Waals surface area contributed by atoms with Gasteiger partial charge in [-0.3, -0.25) is 0 Å². The molecule has 1 unspecified atom stereocenters. The molecule has 18 heavy (non-hydrogen) atoms. The highest BCUT2D eigenvalue weighted by Crippen LogP contribution is 2.22. The van der Waals surface area contributed by atoms with E-state index in [1.165, 1.54) is 0 Å². The molecule has 2 rings (SSSR count). The third-order valence-corrected chi connectivity index (χ3v) is 4.76. The molecule has 0 aliphatic carbocycles. The summed E-state index contributed by atoms with van der Waals surface area (Å²) in [6, 6.07) is -0.372. The molecule has 1 aliphatic rings. The largest absolute Gasteiger partial charge is 0.378 e. The lowest BCUT2D eigenvalue weighted by atomic mass is 10.1. The van der Waals surface area contributed by atoms with Crippen LogP contribution in [0, 0.1) is 5.92 Å². The smallest absolute Gasteiger partial charge is 0.219 e. The first-order valence-corrected chi connectivity index (χ1v) is 7.39. The fourth-order valence-corrected chi connectivity index (χ4v) is 3.20. The van der Waals surface area contributed by atoms with Crippen molar-refractivity contribution < 1.29 is 13.2 Å². The van der Waals surface area contributed by atoms with E-state index >= 15 is 0 Å². The lowest BCUT2D eigenvalue weighted by Crippen LogP contribution is -2.48. The molecule has 1 aromatic rings. The predicted octanol–water partition coefficient (Wildman–Crippen LogP) is -0.170. The monoisotopic (exact) mass is 274 g/mol. The summed E-state index contributed by atoms with van der Waals surface area (Å²) in [5.41, 5.74) is 0. The minimum Gasteiger partial charge on any atom is -0.378 e. The van der Waals surface area contributed by atoms with E-state index < -0.39 is 15.3 Å². The van der Waals surface area contributed by atoms with Crippen LogP contribution >= 0.6 is 0 Å². The minimum absolute atomic E-state index is 0.0867. The highest BCUT2D eigenvalue weighted by atomic mass is 32.2. The van der Waals surface area contributed by atoms with Crippen LogP contribution in [0.25, 0.3) is 0 Å². The van der Waals surface area contributed by atoms with Crippen molar-refractivity contribution >= 4 is 10.0 Å². The maximum absolute atomic E-state index is 12.1. The molecule has 1 fully saturated rings. The van der Waals surface area contributed by atoms with Gasteiger partial charge in [0, 0.05) is 7.05 Å². The Morgan fingerprint density at radius 1 is 1.50 bits per heavy atom. The van der Waals surface area contributed by atoms with Gasteiger partial charge in [0.1, 0.15) is 11.6 Å². The molecule has 0 spiro atoms. The lowest BCUT2D eigenvalue weighted by molar-refractivity contribution is 0.0408. The zero-order valence-electron chi connectivity index (χ0n) is 10.7. The van der Waals surface area contributed by atoms with Gasteiger partial charge in [-0.2, -0.15) is 0 Å². The van der Waals surface area contributed by atoms with E-state index in [0.717, 1.165) is 0 Å². The van der Waals surface area contributed by atoms with Gasteiger partial charge in [-0.15, -0.1) is 10.2 Å². The normalized spacial score (nSPS) is 18.9. The number of aromatic nitrogens is 3. The standard InChI is InChI=1S/C10H18N4O3S/c1-7(2)9(10-12-11-6-14(10)3)13-18(15,16)8-4-17-5-8/h6-9,13H,4-5H2,1-3H3. The number of nitrogens with zero attached hydrogens (tertiary/aromatic N) is 3. The molecular weight excluding hydrogens is 256 g/mol. The van der Waals surface area contributed by atoms with Crippen LogP contribution in [-0.4, -0.2) is 41.6 Å². The molecule has 0 bridgehead atoms. The van der Waals surface area contributed by atoms with E-state index in [1.807, 2.05) is 13.8 Å². The summed E-state index contributed by atoms with van der Waals surface area (Å²) in [5, 5.41) is 7.32. The van der Waals surface area contributed by atoms with E-state index in [9.17, 15) is 8.42 Å². The van der Waals surface area contributed by atoms with Gasteiger partial charge >= 0.3 is 0 Å². The molecule has 0 aromatic carbocycles. The number of sulfonamides is 1. The average molecular weight is 274 g/mol. The molecule has 102 valence electrons. The summed E-state index contributed by atoms with van der Waals surface area (Å²) in [6.07, 6.45) is 1.56. The number of nitrogens with one attached hydrogen (secondary N) is 1. The van der Waals surface area contributed by atoms with Crippen LogP contribution in [0.4, 0.5) is 0 Å². The minimum atomic E-state index is -3.37. The SMILES string of the molecule is CC(C)C(NS(=O)(=O)C1COC1)c1nncn1C. The van der Waals surface area contributed by atoms with Crippen LogP contribution in [0.1, 0.15) is 25.7 Å². The second kappa shape index (κ2) is 4.94. The third kappa shape index (κ3) is 2.55. The molecule has 1 aromatic heterocycles. The molecule has 8 heteroatoms. The summed E-state index contributed by atoms with van der Waals surface area (Å²) < 4.78 is 33.5. The highest BCUT2D eigenvalue weighted by Gasteiger charge is 2.36. The number of hydrogen-bond acceptors (Lipinski definition) is 5. The molecule has 0 radical (unpaired) electrons. The molecule has 1 aliphatic heterocycles. The lowest BCUT2D eigenvalue weighted by Gasteiger charge is -2.29. The number of aryl methyl sites for hydroxylation is 1. The van der Waals surface area contributed by atoms with Crippen LogP contribution in [0.2, 0.25) is 0 Å². The van der Waals surface area contributed by atoms with Gasteiger partial charge in [0.15, 0.2) is 5.82 Å².